The monoisotopic (exact) mass is 241 g/mol. The third kappa shape index (κ3) is 2.44. The molecule has 0 aromatic heterocycles. The second-order valence-corrected chi connectivity index (χ2v) is 4.16. The van der Waals surface area contributed by atoms with Crippen molar-refractivity contribution in [3.63, 3.8) is 0 Å². The van der Waals surface area contributed by atoms with Crippen molar-refractivity contribution in [1.82, 2.24) is 4.90 Å². The molecule has 0 aliphatic carbocycles. The predicted octanol–water partition coefficient (Wildman–Crippen LogP) is 2.19. The molecule has 5 heteroatoms. The molecule has 17 heavy (non-hydrogen) atoms. The molecule has 1 N–H and O–H groups in total. The van der Waals surface area contributed by atoms with E-state index in [-0.39, 0.29) is 0 Å². The zero-order chi connectivity index (χ0) is 12.4. The van der Waals surface area contributed by atoms with Gasteiger partial charge in [0.15, 0.2) is 11.6 Å². The van der Waals surface area contributed by atoms with Crippen molar-refractivity contribution in [2.24, 2.45) is 0 Å². The fraction of sp³-hybridized carbons (Fsp3) is 0.417. The van der Waals surface area contributed by atoms with Gasteiger partial charge in [0.1, 0.15) is 6.04 Å². The zero-order valence-corrected chi connectivity index (χ0v) is 9.20. The second-order valence-electron chi connectivity index (χ2n) is 4.16. The summed E-state index contributed by atoms with van der Waals surface area (Å²) in [4.78, 5) is 13.0. The van der Waals surface area contributed by atoms with E-state index in [2.05, 4.69) is 0 Å². The first-order chi connectivity index (χ1) is 8.09. The van der Waals surface area contributed by atoms with Crippen LogP contribution in [0.3, 0.4) is 0 Å². The predicted molar refractivity (Wildman–Crippen MR) is 57.5 cm³/mol. The summed E-state index contributed by atoms with van der Waals surface area (Å²) >= 11 is 0. The summed E-state index contributed by atoms with van der Waals surface area (Å²) in [6.45, 7) is 1.35. The third-order valence-corrected chi connectivity index (χ3v) is 3.00. The SMILES string of the molecule is O=C(O)[C@H](c1ccc(F)c(F)c1)N1CCCC1. The van der Waals surface area contributed by atoms with E-state index < -0.39 is 23.6 Å². The highest BCUT2D eigenvalue weighted by molar-refractivity contribution is 5.75. The van der Waals surface area contributed by atoms with Crippen LogP contribution >= 0.6 is 0 Å². The molecule has 1 fully saturated rings. The number of hydrogen-bond acceptors (Lipinski definition) is 2. The van der Waals surface area contributed by atoms with Crippen LogP contribution in [0.15, 0.2) is 18.2 Å². The maximum absolute atomic E-state index is 13.1. The summed E-state index contributed by atoms with van der Waals surface area (Å²) in [6, 6.07) is 2.38. The Morgan fingerprint density at radius 1 is 1.24 bits per heavy atom. The maximum atomic E-state index is 13.1. The van der Waals surface area contributed by atoms with Crippen molar-refractivity contribution in [2.45, 2.75) is 18.9 Å². The van der Waals surface area contributed by atoms with Gasteiger partial charge in [0, 0.05) is 0 Å². The second kappa shape index (κ2) is 4.79. The molecular formula is C12H13F2NO2. The molecule has 1 aromatic rings. The molecule has 0 unspecified atom stereocenters. The first kappa shape index (κ1) is 12.0. The summed E-state index contributed by atoms with van der Waals surface area (Å²) in [5.41, 5.74) is 0.290. The van der Waals surface area contributed by atoms with Gasteiger partial charge in [-0.1, -0.05) is 6.07 Å². The Morgan fingerprint density at radius 3 is 2.41 bits per heavy atom. The molecule has 0 spiro atoms. The van der Waals surface area contributed by atoms with Gasteiger partial charge in [-0.2, -0.15) is 0 Å². The molecule has 0 radical (unpaired) electrons. The molecule has 0 amide bonds. The van der Waals surface area contributed by atoms with Crippen LogP contribution in [0.4, 0.5) is 8.78 Å². The number of halogens is 2. The van der Waals surface area contributed by atoms with E-state index in [1.54, 1.807) is 4.90 Å². The van der Waals surface area contributed by atoms with Crippen LogP contribution in [0.5, 0.6) is 0 Å². The molecule has 1 aliphatic rings. The average Bonchev–Trinajstić information content (AvgIpc) is 2.76. The summed E-state index contributed by atoms with van der Waals surface area (Å²) < 4.78 is 25.9. The van der Waals surface area contributed by atoms with E-state index in [4.69, 9.17) is 0 Å². The third-order valence-electron chi connectivity index (χ3n) is 3.00. The number of rotatable bonds is 3. The van der Waals surface area contributed by atoms with Gasteiger partial charge in [-0.25, -0.2) is 8.78 Å². The van der Waals surface area contributed by atoms with Crippen LogP contribution in [0.2, 0.25) is 0 Å². The Morgan fingerprint density at radius 2 is 1.88 bits per heavy atom. The van der Waals surface area contributed by atoms with Gasteiger partial charge in [0.05, 0.1) is 0 Å². The number of nitrogens with zero attached hydrogens (tertiary/aromatic N) is 1. The highest BCUT2D eigenvalue weighted by Crippen LogP contribution is 2.26. The number of likely N-dealkylation sites (tertiary alicyclic amines) is 1. The van der Waals surface area contributed by atoms with Crippen molar-refractivity contribution in [3.05, 3.63) is 35.4 Å². The lowest BCUT2D eigenvalue weighted by atomic mass is 10.1. The highest BCUT2D eigenvalue weighted by Gasteiger charge is 2.29. The fourth-order valence-electron chi connectivity index (χ4n) is 2.19. The number of carboxylic acid groups (broad SMARTS) is 1. The van der Waals surface area contributed by atoms with E-state index in [1.165, 1.54) is 6.07 Å². The van der Waals surface area contributed by atoms with Crippen LogP contribution in [-0.4, -0.2) is 29.1 Å². The lowest BCUT2D eigenvalue weighted by Crippen LogP contribution is -2.31. The van der Waals surface area contributed by atoms with Gasteiger partial charge in [0.2, 0.25) is 0 Å². The molecule has 1 atom stereocenters. The van der Waals surface area contributed by atoms with Crippen LogP contribution in [0.1, 0.15) is 24.4 Å². The molecular weight excluding hydrogens is 228 g/mol. The normalized spacial score (nSPS) is 18.2. The zero-order valence-electron chi connectivity index (χ0n) is 9.20. The summed E-state index contributed by atoms with van der Waals surface area (Å²) in [6.07, 6.45) is 1.88. The Balaban J connectivity index is 2.31. The van der Waals surface area contributed by atoms with E-state index in [1.807, 2.05) is 0 Å². The summed E-state index contributed by atoms with van der Waals surface area (Å²) in [5.74, 6) is -3.00. The molecule has 0 bridgehead atoms. The van der Waals surface area contributed by atoms with Gasteiger partial charge >= 0.3 is 5.97 Å². The molecule has 0 saturated carbocycles. The van der Waals surface area contributed by atoms with E-state index in [0.717, 1.165) is 25.0 Å². The van der Waals surface area contributed by atoms with E-state index >= 15 is 0 Å². The lowest BCUT2D eigenvalue weighted by Gasteiger charge is -2.23. The smallest absolute Gasteiger partial charge is 0.325 e. The molecule has 3 nitrogen and oxygen atoms in total. The van der Waals surface area contributed by atoms with Crippen LogP contribution < -0.4 is 0 Å². The molecule has 1 saturated heterocycles. The first-order valence-electron chi connectivity index (χ1n) is 5.51. The number of carbonyl (C=O) groups is 1. The van der Waals surface area contributed by atoms with Gasteiger partial charge < -0.3 is 5.11 Å². The van der Waals surface area contributed by atoms with Crippen molar-refractivity contribution in [2.75, 3.05) is 13.1 Å². The quantitative estimate of drug-likeness (QED) is 0.881. The number of carboxylic acids is 1. The van der Waals surface area contributed by atoms with Crippen molar-refractivity contribution >= 4 is 5.97 Å². The fourth-order valence-corrected chi connectivity index (χ4v) is 2.19. The molecule has 1 aromatic carbocycles. The lowest BCUT2D eigenvalue weighted by molar-refractivity contribution is -0.143. The Hall–Kier alpha value is -1.49. The number of aliphatic carboxylic acids is 1. The number of benzene rings is 1. The molecule has 92 valence electrons. The van der Waals surface area contributed by atoms with Gasteiger partial charge in [0.25, 0.3) is 0 Å². The van der Waals surface area contributed by atoms with Gasteiger partial charge in [-0.15, -0.1) is 0 Å². The van der Waals surface area contributed by atoms with Crippen molar-refractivity contribution in [1.29, 1.82) is 0 Å². The Labute approximate surface area is 97.7 Å². The Bertz CT molecular complexity index is 431. The minimum Gasteiger partial charge on any atom is -0.480 e. The largest absolute Gasteiger partial charge is 0.480 e. The maximum Gasteiger partial charge on any atom is 0.325 e. The minimum absolute atomic E-state index is 0.290. The van der Waals surface area contributed by atoms with Crippen molar-refractivity contribution in [3.8, 4) is 0 Å². The van der Waals surface area contributed by atoms with Crippen LogP contribution in [0, 0.1) is 11.6 Å². The summed E-state index contributed by atoms with van der Waals surface area (Å²) in [5, 5.41) is 9.19. The molecule has 2 rings (SSSR count). The molecule has 1 aliphatic heterocycles. The van der Waals surface area contributed by atoms with Crippen LogP contribution in [0.25, 0.3) is 0 Å². The summed E-state index contributed by atoms with van der Waals surface area (Å²) in [7, 11) is 0. The minimum atomic E-state index is -1.03. The number of hydrogen-bond donors (Lipinski definition) is 1. The van der Waals surface area contributed by atoms with Crippen LogP contribution in [-0.2, 0) is 4.79 Å². The van der Waals surface area contributed by atoms with E-state index in [0.29, 0.717) is 18.7 Å². The first-order valence-corrected chi connectivity index (χ1v) is 5.51. The molecule has 1 heterocycles. The van der Waals surface area contributed by atoms with E-state index in [9.17, 15) is 18.7 Å². The van der Waals surface area contributed by atoms with Crippen molar-refractivity contribution < 1.29 is 18.7 Å². The Kier molecular flexibility index (Phi) is 3.38. The van der Waals surface area contributed by atoms with Gasteiger partial charge in [-0.05, 0) is 43.6 Å². The standard InChI is InChI=1S/C12H13F2NO2/c13-9-4-3-8(7-10(9)14)11(12(16)17)15-5-1-2-6-15/h3-4,7,11H,1-2,5-6H2,(H,16,17)/t11-/m0/s1. The highest BCUT2D eigenvalue weighted by atomic mass is 19.2. The average molecular weight is 241 g/mol. The topological polar surface area (TPSA) is 40.5 Å². The van der Waals surface area contributed by atoms with Gasteiger partial charge in [-0.3, -0.25) is 9.69 Å².